The summed E-state index contributed by atoms with van der Waals surface area (Å²) in [6.45, 7) is 1.33. The van der Waals surface area contributed by atoms with E-state index in [0.717, 1.165) is 24.3 Å². The highest BCUT2D eigenvalue weighted by molar-refractivity contribution is 7.91. The topological polar surface area (TPSA) is 83.5 Å². The van der Waals surface area contributed by atoms with Gasteiger partial charge in [0.2, 0.25) is 5.91 Å². The van der Waals surface area contributed by atoms with E-state index in [1.165, 1.54) is 13.0 Å². The lowest BCUT2D eigenvalue weighted by molar-refractivity contribution is -0.376. The van der Waals surface area contributed by atoms with Crippen molar-refractivity contribution in [3.8, 4) is 0 Å². The third kappa shape index (κ3) is 5.04. The highest BCUT2D eigenvalue weighted by Gasteiger charge is 2.71. The van der Waals surface area contributed by atoms with Crippen LogP contribution in [0.1, 0.15) is 18.1 Å². The molecule has 0 heterocycles. The molecule has 2 rings (SSSR count). The molecule has 2 aromatic rings. The molecule has 0 saturated carbocycles. The Morgan fingerprint density at radius 1 is 0.969 bits per heavy atom. The molecule has 0 radical (unpaired) electrons. The number of rotatable bonds is 6. The number of carbonyl (C=O) groups excluding carboxylic acids is 1. The second kappa shape index (κ2) is 8.70. The van der Waals surface area contributed by atoms with Gasteiger partial charge in [0.05, 0.1) is 12.2 Å². The summed E-state index contributed by atoms with van der Waals surface area (Å²) in [5.74, 6) is -2.21. The van der Waals surface area contributed by atoms with Crippen molar-refractivity contribution in [2.75, 3.05) is 11.1 Å². The molecular formula is C19H16F7NO4S. The largest absolute Gasteiger partial charge is 0.430 e. The molecule has 0 aliphatic rings. The summed E-state index contributed by atoms with van der Waals surface area (Å²) in [5.41, 5.74) is -6.70. The molecule has 0 fully saturated rings. The zero-order valence-corrected chi connectivity index (χ0v) is 17.0. The fourth-order valence-corrected chi connectivity index (χ4v) is 3.68. The predicted octanol–water partition coefficient (Wildman–Crippen LogP) is 4.11. The first kappa shape index (κ1) is 25.6. The van der Waals surface area contributed by atoms with E-state index in [1.807, 2.05) is 0 Å². The van der Waals surface area contributed by atoms with Crippen LogP contribution in [0.25, 0.3) is 0 Å². The molecule has 0 unspecified atom stereocenters. The number of aliphatic hydroxyl groups is 1. The van der Waals surface area contributed by atoms with Gasteiger partial charge in [0.15, 0.2) is 9.84 Å². The predicted molar refractivity (Wildman–Crippen MR) is 98.9 cm³/mol. The number of anilines is 1. The van der Waals surface area contributed by atoms with Gasteiger partial charge in [-0.05, 0) is 29.8 Å². The second-order valence-electron chi connectivity index (χ2n) is 6.68. The molecule has 176 valence electrons. The molecule has 0 spiro atoms. The van der Waals surface area contributed by atoms with E-state index in [-0.39, 0.29) is 17.0 Å². The molecule has 0 aliphatic carbocycles. The normalized spacial score (nSPS) is 13.2. The van der Waals surface area contributed by atoms with Gasteiger partial charge in [0.1, 0.15) is 10.7 Å². The molecule has 32 heavy (non-hydrogen) atoms. The number of amides is 1. The van der Waals surface area contributed by atoms with Crippen molar-refractivity contribution in [3.05, 3.63) is 59.4 Å². The Bertz CT molecular complexity index is 1080. The molecule has 13 heteroatoms. The summed E-state index contributed by atoms with van der Waals surface area (Å²) in [5, 5.41) is 11.5. The smallest absolute Gasteiger partial charge is 0.369 e. The van der Waals surface area contributed by atoms with Crippen LogP contribution < -0.4 is 5.32 Å². The highest BCUT2D eigenvalue weighted by atomic mass is 32.2. The van der Waals surface area contributed by atoms with Gasteiger partial charge in [-0.15, -0.1) is 0 Å². The minimum absolute atomic E-state index is 0.0789. The number of nitrogens with one attached hydrogen (secondary N) is 1. The number of hydrogen-bond donors (Lipinski definition) is 2. The van der Waals surface area contributed by atoms with E-state index in [9.17, 15) is 49.1 Å². The molecule has 2 N–H and O–H groups in total. The second-order valence-corrected chi connectivity index (χ2v) is 8.92. The summed E-state index contributed by atoms with van der Waals surface area (Å²) in [7, 11) is -3.82. The molecular weight excluding hydrogens is 471 g/mol. The molecule has 1 amide bonds. The van der Waals surface area contributed by atoms with Gasteiger partial charge in [0, 0.05) is 11.3 Å². The lowest BCUT2D eigenvalue weighted by Crippen LogP contribution is -2.53. The summed E-state index contributed by atoms with van der Waals surface area (Å²) in [6.07, 6.45) is -12.5. The van der Waals surface area contributed by atoms with Gasteiger partial charge in [0.25, 0.3) is 5.60 Å². The number of halogens is 7. The van der Waals surface area contributed by atoms with Crippen LogP contribution in [0.3, 0.4) is 0 Å². The van der Waals surface area contributed by atoms with Crippen LogP contribution in [0, 0.1) is 5.82 Å². The maximum atomic E-state index is 14.0. The quantitative estimate of drug-likeness (QED) is 0.601. The van der Waals surface area contributed by atoms with Crippen LogP contribution in [-0.4, -0.2) is 37.5 Å². The lowest BCUT2D eigenvalue weighted by Gasteiger charge is -2.32. The monoisotopic (exact) mass is 487 g/mol. The van der Waals surface area contributed by atoms with Gasteiger partial charge in [-0.2, -0.15) is 26.3 Å². The minimum atomic E-state index is -6.04. The van der Waals surface area contributed by atoms with Crippen molar-refractivity contribution in [1.82, 2.24) is 0 Å². The number of alkyl halides is 6. The third-order valence-electron chi connectivity index (χ3n) is 4.48. The fraction of sp³-hybridized carbons (Fsp3) is 0.316. The summed E-state index contributed by atoms with van der Waals surface area (Å²) in [6, 6.07) is 5.20. The van der Waals surface area contributed by atoms with E-state index in [0.29, 0.717) is 12.1 Å². The van der Waals surface area contributed by atoms with Crippen LogP contribution in [0.4, 0.5) is 36.4 Å². The minimum Gasteiger partial charge on any atom is -0.369 e. The number of benzene rings is 2. The molecule has 5 nitrogen and oxygen atoms in total. The van der Waals surface area contributed by atoms with Crippen molar-refractivity contribution in [3.63, 3.8) is 0 Å². The third-order valence-corrected chi connectivity index (χ3v) is 6.24. The number of carbonyl (C=O) groups is 1. The lowest BCUT2D eigenvalue weighted by atomic mass is 9.92. The molecule has 0 atom stereocenters. The van der Waals surface area contributed by atoms with E-state index >= 15 is 0 Å². The Kier molecular flexibility index (Phi) is 6.95. The first-order valence-electron chi connectivity index (χ1n) is 8.80. The molecule has 0 aromatic heterocycles. The average Bonchev–Trinajstić information content (AvgIpc) is 2.66. The Morgan fingerprint density at radius 3 is 1.94 bits per heavy atom. The van der Waals surface area contributed by atoms with Gasteiger partial charge in [-0.25, -0.2) is 12.8 Å². The van der Waals surface area contributed by atoms with E-state index in [2.05, 4.69) is 5.32 Å². The first-order chi connectivity index (χ1) is 14.5. The SMILES string of the molecule is CCS(=O)(=O)c1ccc(CC(=O)Nc2ccc(C(O)(C(F)(F)F)C(F)(F)F)cc2)cc1F. The summed E-state index contributed by atoms with van der Waals surface area (Å²) < 4.78 is 115. The van der Waals surface area contributed by atoms with Gasteiger partial charge >= 0.3 is 12.4 Å². The summed E-state index contributed by atoms with van der Waals surface area (Å²) >= 11 is 0. The van der Waals surface area contributed by atoms with E-state index in [4.69, 9.17) is 0 Å². The van der Waals surface area contributed by atoms with Crippen molar-refractivity contribution in [1.29, 1.82) is 0 Å². The van der Waals surface area contributed by atoms with Crippen LogP contribution in [0.2, 0.25) is 0 Å². The maximum absolute atomic E-state index is 14.0. The molecule has 0 bridgehead atoms. The van der Waals surface area contributed by atoms with Crippen LogP contribution in [0.15, 0.2) is 47.4 Å². The highest BCUT2D eigenvalue weighted by Crippen LogP contribution is 2.50. The van der Waals surface area contributed by atoms with Crippen LogP contribution >= 0.6 is 0 Å². The van der Waals surface area contributed by atoms with E-state index in [1.54, 1.807) is 0 Å². The van der Waals surface area contributed by atoms with Crippen molar-refractivity contribution >= 4 is 21.4 Å². The first-order valence-corrected chi connectivity index (χ1v) is 10.5. The Morgan fingerprint density at radius 2 is 1.50 bits per heavy atom. The van der Waals surface area contributed by atoms with Crippen molar-refractivity contribution in [2.24, 2.45) is 0 Å². The van der Waals surface area contributed by atoms with Gasteiger partial charge in [-0.3, -0.25) is 4.79 Å². The zero-order valence-electron chi connectivity index (χ0n) is 16.2. The number of sulfone groups is 1. The molecule has 0 aliphatic heterocycles. The molecule has 2 aromatic carbocycles. The van der Waals surface area contributed by atoms with E-state index < -0.39 is 56.4 Å². The van der Waals surface area contributed by atoms with Crippen LogP contribution in [0.5, 0.6) is 0 Å². The average molecular weight is 487 g/mol. The fourth-order valence-electron chi connectivity index (χ4n) is 2.74. The maximum Gasteiger partial charge on any atom is 0.430 e. The Labute approximate surface area is 177 Å². The van der Waals surface area contributed by atoms with Gasteiger partial charge < -0.3 is 10.4 Å². The van der Waals surface area contributed by atoms with Crippen molar-refractivity contribution in [2.45, 2.75) is 36.2 Å². The van der Waals surface area contributed by atoms with Crippen LogP contribution in [-0.2, 0) is 26.7 Å². The number of hydrogen-bond acceptors (Lipinski definition) is 4. The Hall–Kier alpha value is -2.67. The summed E-state index contributed by atoms with van der Waals surface area (Å²) in [4.78, 5) is 11.5. The standard InChI is InChI=1S/C19H16F7NO4S/c1-2-32(30,31)15-8-3-11(9-14(15)20)10-16(28)27-13-6-4-12(5-7-13)17(29,18(21,22)23)19(24,25)26/h3-9,29H,2,10H2,1H3,(H,27,28). The van der Waals surface area contributed by atoms with Gasteiger partial charge in [-0.1, -0.05) is 25.1 Å². The van der Waals surface area contributed by atoms with Crippen molar-refractivity contribution < 1.29 is 49.1 Å². The molecule has 0 saturated heterocycles. The Balaban J connectivity index is 2.18. The zero-order chi connectivity index (χ0) is 24.5.